The highest BCUT2D eigenvalue weighted by Gasteiger charge is 2.15. The highest BCUT2D eigenvalue weighted by Crippen LogP contribution is 2.15. The lowest BCUT2D eigenvalue weighted by Crippen LogP contribution is -2.32. The molecule has 0 bridgehead atoms. The number of benzene rings is 1. The monoisotopic (exact) mass is 226 g/mol. The summed E-state index contributed by atoms with van der Waals surface area (Å²) in [5.41, 5.74) is 7.19. The molecule has 0 aromatic heterocycles. The van der Waals surface area contributed by atoms with E-state index in [4.69, 9.17) is 27.4 Å². The van der Waals surface area contributed by atoms with E-state index >= 15 is 0 Å². The Bertz CT molecular complexity index is 382. The third kappa shape index (κ3) is 2.96. The molecule has 80 valence electrons. The first kappa shape index (κ1) is 12.0. The molecule has 4 nitrogen and oxygen atoms in total. The summed E-state index contributed by atoms with van der Waals surface area (Å²) in [6.07, 6.45) is 0. The van der Waals surface area contributed by atoms with Crippen molar-refractivity contribution in [3.8, 4) is 0 Å². The number of nitrogens with zero attached hydrogens (tertiary/aromatic N) is 1. The third-order valence-electron chi connectivity index (χ3n) is 2.03. The quantitative estimate of drug-likeness (QED) is 0.291. The van der Waals surface area contributed by atoms with Crippen LogP contribution in [0.4, 0.5) is 5.69 Å². The zero-order chi connectivity index (χ0) is 11.4. The fraction of sp³-hybridized carbons (Fsp3) is 0.222. The number of amidine groups is 1. The first-order chi connectivity index (χ1) is 7.06. The molecule has 0 heterocycles. The second-order valence-electron chi connectivity index (χ2n) is 3.10. The lowest BCUT2D eigenvalue weighted by molar-refractivity contribution is 0.425. The third-order valence-corrected chi connectivity index (χ3v) is 2.30. The average molecular weight is 226 g/mol. The minimum Gasteiger partial charge on any atom is -0.423 e. The Labute approximate surface area is 93.5 Å². The van der Waals surface area contributed by atoms with Gasteiger partial charge in [-0.25, -0.2) is 4.99 Å². The second kappa shape index (κ2) is 5.16. The molecule has 0 saturated carbocycles. The SMILES string of the molecule is Cc1c(N=C(N)CCl)cccc1B(O)O. The van der Waals surface area contributed by atoms with E-state index in [1.165, 1.54) is 0 Å². The Kier molecular flexibility index (Phi) is 4.14. The summed E-state index contributed by atoms with van der Waals surface area (Å²) in [4.78, 5) is 4.06. The lowest BCUT2D eigenvalue weighted by atomic mass is 9.77. The molecule has 4 N–H and O–H groups in total. The van der Waals surface area contributed by atoms with Crippen molar-refractivity contribution >= 4 is 35.7 Å². The topological polar surface area (TPSA) is 78.8 Å². The fourth-order valence-electron chi connectivity index (χ4n) is 1.23. The minimum absolute atomic E-state index is 0.144. The van der Waals surface area contributed by atoms with Gasteiger partial charge in [0.2, 0.25) is 0 Å². The molecule has 0 aliphatic carbocycles. The Morgan fingerprint density at radius 3 is 2.73 bits per heavy atom. The zero-order valence-corrected chi connectivity index (χ0v) is 9.07. The molecule has 0 unspecified atom stereocenters. The molecule has 15 heavy (non-hydrogen) atoms. The van der Waals surface area contributed by atoms with Crippen LogP contribution in [0.5, 0.6) is 0 Å². The number of rotatable bonds is 3. The molecule has 0 spiro atoms. The van der Waals surface area contributed by atoms with Crippen molar-refractivity contribution in [1.29, 1.82) is 0 Å². The van der Waals surface area contributed by atoms with Gasteiger partial charge in [0.05, 0.1) is 11.6 Å². The molecule has 0 amide bonds. The molecule has 0 aliphatic heterocycles. The Morgan fingerprint density at radius 2 is 2.20 bits per heavy atom. The normalized spacial score (nSPS) is 11.6. The van der Waals surface area contributed by atoms with Crippen molar-refractivity contribution < 1.29 is 10.0 Å². The van der Waals surface area contributed by atoms with E-state index in [-0.39, 0.29) is 5.88 Å². The van der Waals surface area contributed by atoms with Crippen LogP contribution >= 0.6 is 11.6 Å². The van der Waals surface area contributed by atoms with Crippen molar-refractivity contribution in [1.82, 2.24) is 0 Å². The standard InChI is InChI=1S/C9H12BClN2O2/c1-6-7(10(14)15)3-2-4-8(6)13-9(12)5-11/h2-4,14-15H,5H2,1H3,(H2,12,13). The van der Waals surface area contributed by atoms with Gasteiger partial charge in [-0.15, -0.1) is 11.6 Å². The van der Waals surface area contributed by atoms with E-state index in [9.17, 15) is 0 Å². The van der Waals surface area contributed by atoms with Gasteiger partial charge < -0.3 is 15.8 Å². The number of hydrogen-bond acceptors (Lipinski definition) is 3. The van der Waals surface area contributed by atoms with Gasteiger partial charge in [-0.1, -0.05) is 12.1 Å². The summed E-state index contributed by atoms with van der Waals surface area (Å²) in [5.74, 6) is 0.440. The molecule has 6 heteroatoms. The molecule has 0 radical (unpaired) electrons. The van der Waals surface area contributed by atoms with Gasteiger partial charge in [-0.05, 0) is 24.0 Å². The van der Waals surface area contributed by atoms with Crippen LogP contribution in [-0.2, 0) is 0 Å². The molecule has 0 saturated heterocycles. The van der Waals surface area contributed by atoms with Crippen LogP contribution in [-0.4, -0.2) is 28.9 Å². The van der Waals surface area contributed by atoms with Gasteiger partial charge in [0.15, 0.2) is 0 Å². The van der Waals surface area contributed by atoms with Crippen LogP contribution in [0, 0.1) is 6.92 Å². The molecule has 0 aliphatic rings. The average Bonchev–Trinajstić information content (AvgIpc) is 2.20. The van der Waals surface area contributed by atoms with Crippen LogP contribution in [0.15, 0.2) is 23.2 Å². The summed E-state index contributed by atoms with van der Waals surface area (Å²) < 4.78 is 0. The number of nitrogens with two attached hydrogens (primary N) is 1. The molecular formula is C9H12BClN2O2. The van der Waals surface area contributed by atoms with E-state index in [2.05, 4.69) is 4.99 Å². The van der Waals surface area contributed by atoms with E-state index in [1.54, 1.807) is 25.1 Å². The zero-order valence-electron chi connectivity index (χ0n) is 8.31. The molecule has 1 aromatic rings. The fourth-order valence-corrected chi connectivity index (χ4v) is 1.29. The predicted octanol–water partition coefficient (Wildman–Crippen LogP) is -0.0977. The van der Waals surface area contributed by atoms with E-state index < -0.39 is 7.12 Å². The Balaban J connectivity index is 3.15. The maximum atomic E-state index is 9.07. The first-order valence-corrected chi connectivity index (χ1v) is 4.94. The maximum absolute atomic E-state index is 9.07. The van der Waals surface area contributed by atoms with Crippen molar-refractivity contribution in [3.05, 3.63) is 23.8 Å². The van der Waals surface area contributed by atoms with Crippen molar-refractivity contribution in [3.63, 3.8) is 0 Å². The van der Waals surface area contributed by atoms with Crippen molar-refractivity contribution in [2.75, 3.05) is 5.88 Å². The summed E-state index contributed by atoms with van der Waals surface area (Å²) >= 11 is 5.50. The van der Waals surface area contributed by atoms with Gasteiger partial charge in [0.25, 0.3) is 0 Å². The van der Waals surface area contributed by atoms with Crippen molar-refractivity contribution in [2.24, 2.45) is 10.7 Å². The van der Waals surface area contributed by atoms with Crippen LogP contribution < -0.4 is 11.2 Å². The molecule has 1 aromatic carbocycles. The van der Waals surface area contributed by atoms with Gasteiger partial charge in [0, 0.05) is 0 Å². The van der Waals surface area contributed by atoms with Crippen LogP contribution in [0.1, 0.15) is 5.56 Å². The van der Waals surface area contributed by atoms with Gasteiger partial charge in [0.1, 0.15) is 5.84 Å². The summed E-state index contributed by atoms with van der Waals surface area (Å²) in [7, 11) is -1.50. The summed E-state index contributed by atoms with van der Waals surface area (Å²) in [5, 5.41) is 18.1. The van der Waals surface area contributed by atoms with E-state index in [0.717, 1.165) is 0 Å². The van der Waals surface area contributed by atoms with Gasteiger partial charge in [-0.2, -0.15) is 0 Å². The summed E-state index contributed by atoms with van der Waals surface area (Å²) in [6.45, 7) is 1.75. The molecular weight excluding hydrogens is 214 g/mol. The summed E-state index contributed by atoms with van der Waals surface area (Å²) in [6, 6.07) is 5.04. The first-order valence-electron chi connectivity index (χ1n) is 4.41. The van der Waals surface area contributed by atoms with E-state index in [0.29, 0.717) is 22.5 Å². The van der Waals surface area contributed by atoms with Gasteiger partial charge in [-0.3, -0.25) is 0 Å². The van der Waals surface area contributed by atoms with Crippen molar-refractivity contribution in [2.45, 2.75) is 6.92 Å². The van der Waals surface area contributed by atoms with Crippen LogP contribution in [0.3, 0.4) is 0 Å². The number of halogens is 1. The highest BCUT2D eigenvalue weighted by molar-refractivity contribution is 6.59. The largest absolute Gasteiger partial charge is 0.488 e. The van der Waals surface area contributed by atoms with Crippen LogP contribution in [0.25, 0.3) is 0 Å². The maximum Gasteiger partial charge on any atom is 0.488 e. The smallest absolute Gasteiger partial charge is 0.423 e. The van der Waals surface area contributed by atoms with Gasteiger partial charge >= 0.3 is 7.12 Å². The lowest BCUT2D eigenvalue weighted by Gasteiger charge is -2.07. The molecule has 0 atom stereocenters. The van der Waals surface area contributed by atoms with Crippen LogP contribution in [0.2, 0.25) is 0 Å². The predicted molar refractivity (Wildman–Crippen MR) is 63.0 cm³/mol. The number of hydrogen-bond donors (Lipinski definition) is 3. The van der Waals surface area contributed by atoms with E-state index in [1.807, 2.05) is 0 Å². The Hall–Kier alpha value is -1.04. The number of alkyl halides is 1. The second-order valence-corrected chi connectivity index (χ2v) is 3.37. The number of aliphatic imine (C=N–C) groups is 1. The minimum atomic E-state index is -1.50. The Morgan fingerprint density at radius 1 is 1.53 bits per heavy atom. The molecule has 0 fully saturated rings. The molecule has 1 rings (SSSR count). The highest BCUT2D eigenvalue weighted by atomic mass is 35.5.